The quantitative estimate of drug-likeness (QED) is 0.483. The Labute approximate surface area is 85.5 Å². The van der Waals surface area contributed by atoms with Crippen molar-refractivity contribution in [3.05, 3.63) is 30.3 Å². The van der Waals surface area contributed by atoms with Crippen LogP contribution >= 0.6 is 0 Å². The summed E-state index contributed by atoms with van der Waals surface area (Å²) in [6.07, 6.45) is -2.04. The molecular formula is C9H11NO5. The Morgan fingerprint density at radius 2 is 1.93 bits per heavy atom. The van der Waals surface area contributed by atoms with Crippen molar-refractivity contribution in [2.75, 3.05) is 0 Å². The Hall–Kier alpha value is -1.63. The highest BCUT2D eigenvalue weighted by molar-refractivity contribution is 5.76. The Balaban J connectivity index is 2.72. The molecule has 0 bridgehead atoms. The number of aliphatic carboxylic acids is 1. The lowest BCUT2D eigenvalue weighted by molar-refractivity contribution is -0.197. The molecule has 0 radical (unpaired) electrons. The van der Waals surface area contributed by atoms with E-state index in [4.69, 9.17) is 20.7 Å². The lowest BCUT2D eigenvalue weighted by atomic mass is 10.2. The molecule has 0 saturated heterocycles. The van der Waals surface area contributed by atoms with Crippen LogP contribution in [0.4, 0.5) is 0 Å². The van der Waals surface area contributed by atoms with Gasteiger partial charge >= 0.3 is 5.97 Å². The third kappa shape index (κ3) is 2.66. The van der Waals surface area contributed by atoms with E-state index in [1.54, 1.807) is 18.2 Å². The van der Waals surface area contributed by atoms with Gasteiger partial charge in [0.05, 0.1) is 0 Å². The van der Waals surface area contributed by atoms with Crippen LogP contribution in [0.1, 0.15) is 0 Å². The molecule has 1 rings (SSSR count). The lowest BCUT2D eigenvalue weighted by Gasteiger charge is -2.24. The molecule has 0 heterocycles. The van der Waals surface area contributed by atoms with Gasteiger partial charge in [0.15, 0.2) is 0 Å². The number of ether oxygens (including phenoxy) is 1. The summed E-state index contributed by atoms with van der Waals surface area (Å²) >= 11 is 0. The van der Waals surface area contributed by atoms with E-state index in [1.165, 1.54) is 12.1 Å². The number of aliphatic hydroxyl groups is 2. The minimum atomic E-state index is -2.84. The summed E-state index contributed by atoms with van der Waals surface area (Å²) in [7, 11) is 0. The van der Waals surface area contributed by atoms with Gasteiger partial charge in [-0.15, -0.1) is 0 Å². The second-order valence-corrected chi connectivity index (χ2v) is 2.91. The fraction of sp³-hybridized carbons (Fsp3) is 0.222. The van der Waals surface area contributed by atoms with Gasteiger partial charge in [-0.2, -0.15) is 0 Å². The Kier molecular flexibility index (Phi) is 3.25. The molecule has 82 valence electrons. The fourth-order valence-electron chi connectivity index (χ4n) is 0.823. The van der Waals surface area contributed by atoms with Crippen LogP contribution in [0.3, 0.4) is 0 Å². The van der Waals surface area contributed by atoms with Crippen molar-refractivity contribution in [2.45, 2.75) is 12.0 Å². The molecule has 15 heavy (non-hydrogen) atoms. The topological polar surface area (TPSA) is 113 Å². The first-order chi connectivity index (χ1) is 6.94. The van der Waals surface area contributed by atoms with E-state index in [0.717, 1.165) is 0 Å². The summed E-state index contributed by atoms with van der Waals surface area (Å²) in [5.74, 6) is -1.57. The number of carbonyl (C=O) groups is 1. The zero-order valence-corrected chi connectivity index (χ0v) is 7.70. The SMILES string of the molecule is NC(O)(C(=O)O)C(O)Oc1ccccc1. The number of nitrogens with two attached hydrogens (primary N) is 1. The monoisotopic (exact) mass is 213 g/mol. The van der Waals surface area contributed by atoms with Crippen molar-refractivity contribution in [1.29, 1.82) is 0 Å². The van der Waals surface area contributed by atoms with Crippen LogP contribution in [0.15, 0.2) is 30.3 Å². The Bertz CT molecular complexity index is 338. The third-order valence-electron chi connectivity index (χ3n) is 1.71. The molecule has 0 aromatic heterocycles. The highest BCUT2D eigenvalue weighted by Crippen LogP contribution is 2.14. The molecule has 0 fully saturated rings. The van der Waals surface area contributed by atoms with Crippen LogP contribution in [-0.2, 0) is 4.79 Å². The van der Waals surface area contributed by atoms with Gasteiger partial charge in [-0.3, -0.25) is 5.73 Å². The standard InChI is InChI=1S/C9H11NO5/c10-9(14,7(11)12)8(13)15-6-4-2-1-3-5-6/h1-5,8,13-14H,10H2,(H,11,12). The molecule has 2 unspecified atom stereocenters. The van der Waals surface area contributed by atoms with Crippen LogP contribution in [-0.4, -0.2) is 33.3 Å². The van der Waals surface area contributed by atoms with Crippen LogP contribution in [0, 0.1) is 0 Å². The molecule has 0 spiro atoms. The summed E-state index contributed by atoms with van der Waals surface area (Å²) in [5.41, 5.74) is 2.09. The highest BCUT2D eigenvalue weighted by atomic mass is 16.6. The number of aliphatic hydroxyl groups excluding tert-OH is 1. The normalized spacial score (nSPS) is 16.5. The minimum Gasteiger partial charge on any atom is -0.478 e. The van der Waals surface area contributed by atoms with Crippen LogP contribution < -0.4 is 10.5 Å². The molecule has 0 aliphatic heterocycles. The zero-order valence-electron chi connectivity index (χ0n) is 7.70. The summed E-state index contributed by atoms with van der Waals surface area (Å²) in [6.45, 7) is 0. The highest BCUT2D eigenvalue weighted by Gasteiger charge is 2.41. The number of hydrogen-bond acceptors (Lipinski definition) is 5. The predicted molar refractivity (Wildman–Crippen MR) is 49.8 cm³/mol. The molecule has 1 aromatic carbocycles. The number of benzene rings is 1. The molecule has 0 saturated carbocycles. The van der Waals surface area contributed by atoms with Gasteiger partial charge in [0.2, 0.25) is 0 Å². The van der Waals surface area contributed by atoms with Gasteiger partial charge in [0.1, 0.15) is 5.75 Å². The molecule has 0 aliphatic carbocycles. The Morgan fingerprint density at radius 1 is 1.40 bits per heavy atom. The van der Waals surface area contributed by atoms with Gasteiger partial charge in [0, 0.05) is 0 Å². The van der Waals surface area contributed by atoms with Gasteiger partial charge in [0.25, 0.3) is 12.0 Å². The maximum atomic E-state index is 10.4. The summed E-state index contributed by atoms with van der Waals surface area (Å²) in [5, 5.41) is 26.8. The molecule has 0 aliphatic rings. The molecule has 6 nitrogen and oxygen atoms in total. The van der Waals surface area contributed by atoms with Crippen molar-refractivity contribution in [3.8, 4) is 5.75 Å². The molecule has 2 atom stereocenters. The van der Waals surface area contributed by atoms with E-state index in [1.807, 2.05) is 0 Å². The maximum Gasteiger partial charge on any atom is 0.357 e. The predicted octanol–water partition coefficient (Wildman–Crippen LogP) is -0.884. The van der Waals surface area contributed by atoms with Crippen molar-refractivity contribution in [2.24, 2.45) is 5.73 Å². The van der Waals surface area contributed by atoms with Gasteiger partial charge < -0.3 is 20.1 Å². The van der Waals surface area contributed by atoms with Crippen LogP contribution in [0.5, 0.6) is 5.75 Å². The van der Waals surface area contributed by atoms with Crippen molar-refractivity contribution in [3.63, 3.8) is 0 Å². The molecule has 1 aromatic rings. The Morgan fingerprint density at radius 3 is 2.40 bits per heavy atom. The van der Waals surface area contributed by atoms with Crippen molar-refractivity contribution < 1.29 is 24.9 Å². The zero-order chi connectivity index (χ0) is 11.5. The fourth-order valence-corrected chi connectivity index (χ4v) is 0.823. The second kappa shape index (κ2) is 4.26. The van der Waals surface area contributed by atoms with E-state index in [-0.39, 0.29) is 5.75 Å². The number of carboxylic acid groups (broad SMARTS) is 1. The summed E-state index contributed by atoms with van der Waals surface area (Å²) < 4.78 is 4.74. The number of carboxylic acids is 1. The van der Waals surface area contributed by atoms with E-state index in [9.17, 15) is 9.90 Å². The number of para-hydroxylation sites is 1. The molecule has 0 amide bonds. The van der Waals surface area contributed by atoms with Crippen LogP contribution in [0.2, 0.25) is 0 Å². The molecular weight excluding hydrogens is 202 g/mol. The van der Waals surface area contributed by atoms with Gasteiger partial charge in [-0.25, -0.2) is 4.79 Å². The van der Waals surface area contributed by atoms with E-state index >= 15 is 0 Å². The maximum absolute atomic E-state index is 10.4. The smallest absolute Gasteiger partial charge is 0.357 e. The number of hydrogen-bond donors (Lipinski definition) is 4. The van der Waals surface area contributed by atoms with E-state index in [0.29, 0.717) is 0 Å². The molecule has 5 N–H and O–H groups in total. The average molecular weight is 213 g/mol. The first kappa shape index (κ1) is 11.4. The third-order valence-corrected chi connectivity index (χ3v) is 1.71. The first-order valence-electron chi connectivity index (χ1n) is 4.09. The molecule has 6 heteroatoms. The van der Waals surface area contributed by atoms with Gasteiger partial charge in [-0.05, 0) is 12.1 Å². The summed E-state index contributed by atoms with van der Waals surface area (Å²) in [4.78, 5) is 10.4. The summed E-state index contributed by atoms with van der Waals surface area (Å²) in [6, 6.07) is 7.93. The van der Waals surface area contributed by atoms with Gasteiger partial charge in [-0.1, -0.05) is 18.2 Å². The number of rotatable bonds is 4. The lowest BCUT2D eigenvalue weighted by Crippen LogP contribution is -2.59. The largest absolute Gasteiger partial charge is 0.478 e. The van der Waals surface area contributed by atoms with Crippen molar-refractivity contribution in [1.82, 2.24) is 0 Å². The van der Waals surface area contributed by atoms with Crippen molar-refractivity contribution >= 4 is 5.97 Å². The van der Waals surface area contributed by atoms with E-state index < -0.39 is 18.0 Å². The minimum absolute atomic E-state index is 0.204. The second-order valence-electron chi connectivity index (χ2n) is 2.91. The first-order valence-corrected chi connectivity index (χ1v) is 4.09. The van der Waals surface area contributed by atoms with E-state index in [2.05, 4.69) is 0 Å². The average Bonchev–Trinajstić information content (AvgIpc) is 2.18. The van der Waals surface area contributed by atoms with Crippen LogP contribution in [0.25, 0.3) is 0 Å².